The lowest BCUT2D eigenvalue weighted by Gasteiger charge is -2.34. The molecular formula is C18H25N3O3. The molecule has 0 unspecified atom stereocenters. The van der Waals surface area contributed by atoms with Crippen molar-refractivity contribution in [1.82, 2.24) is 14.8 Å². The average molecular weight is 331 g/mol. The first kappa shape index (κ1) is 16.0. The van der Waals surface area contributed by atoms with Gasteiger partial charge in [-0.25, -0.2) is 0 Å². The molecule has 4 heterocycles. The number of nitrogens with zero attached hydrogens (tertiary/aromatic N) is 3. The summed E-state index contributed by atoms with van der Waals surface area (Å²) in [6.07, 6.45) is 5.61. The molecule has 24 heavy (non-hydrogen) atoms. The van der Waals surface area contributed by atoms with Crippen LogP contribution in [-0.4, -0.2) is 72.3 Å². The van der Waals surface area contributed by atoms with E-state index in [9.17, 15) is 4.79 Å². The molecule has 0 aliphatic carbocycles. The number of ether oxygens (including phenoxy) is 2. The van der Waals surface area contributed by atoms with Gasteiger partial charge in [-0.1, -0.05) is 0 Å². The molecule has 0 saturated carbocycles. The fraction of sp³-hybridized carbons (Fsp3) is 0.667. The summed E-state index contributed by atoms with van der Waals surface area (Å²) in [5.74, 6) is 0.682. The molecule has 3 aliphatic rings. The molecular weight excluding hydrogens is 306 g/mol. The van der Waals surface area contributed by atoms with Crippen LogP contribution in [0.1, 0.15) is 18.4 Å². The summed E-state index contributed by atoms with van der Waals surface area (Å²) in [6.45, 7) is 5.60. The Hall–Kier alpha value is -1.50. The number of likely N-dealkylation sites (tertiary alicyclic amines) is 1. The summed E-state index contributed by atoms with van der Waals surface area (Å²) in [5, 5.41) is 0. The molecule has 0 N–H and O–H groups in total. The minimum Gasteiger partial charge on any atom is -0.378 e. The second kappa shape index (κ2) is 7.17. The molecule has 4 rings (SSSR count). The van der Waals surface area contributed by atoms with Crippen LogP contribution in [0, 0.1) is 5.92 Å². The first-order valence-corrected chi connectivity index (χ1v) is 8.93. The fourth-order valence-corrected chi connectivity index (χ4v) is 4.03. The van der Waals surface area contributed by atoms with Crippen molar-refractivity contribution in [3.63, 3.8) is 0 Å². The van der Waals surface area contributed by atoms with E-state index in [0.717, 1.165) is 32.5 Å². The molecule has 3 saturated heterocycles. The zero-order chi connectivity index (χ0) is 16.4. The van der Waals surface area contributed by atoms with Crippen LogP contribution < -0.4 is 0 Å². The van der Waals surface area contributed by atoms with E-state index in [1.54, 1.807) is 0 Å². The standard InChI is InChI=1S/C18H25N3O3/c22-18(21-7-9-23-10-8-21)16-11-15-3-6-20(13-17(15)24-16)12-14-1-4-19-5-2-14/h1-2,4-5,15-17H,3,6-13H2/t15-,16-,17-/m0/s1. The Kier molecular flexibility index (Phi) is 4.78. The third-order valence-corrected chi connectivity index (χ3v) is 5.39. The van der Waals surface area contributed by atoms with Crippen LogP contribution in [0.15, 0.2) is 24.5 Å². The second-order valence-electron chi connectivity index (χ2n) is 6.98. The molecule has 1 amide bonds. The van der Waals surface area contributed by atoms with Gasteiger partial charge in [0.05, 0.1) is 19.3 Å². The van der Waals surface area contributed by atoms with E-state index in [1.165, 1.54) is 5.56 Å². The van der Waals surface area contributed by atoms with Crippen LogP contribution in [0.2, 0.25) is 0 Å². The summed E-state index contributed by atoms with van der Waals surface area (Å²) in [5.41, 5.74) is 1.28. The first-order valence-electron chi connectivity index (χ1n) is 8.93. The highest BCUT2D eigenvalue weighted by atomic mass is 16.5. The van der Waals surface area contributed by atoms with E-state index in [-0.39, 0.29) is 18.1 Å². The number of hydrogen-bond acceptors (Lipinski definition) is 5. The third-order valence-electron chi connectivity index (χ3n) is 5.39. The van der Waals surface area contributed by atoms with Gasteiger partial charge in [0, 0.05) is 38.6 Å². The zero-order valence-electron chi connectivity index (χ0n) is 14.0. The summed E-state index contributed by atoms with van der Waals surface area (Å²) in [4.78, 5) is 21.0. The SMILES string of the molecule is O=C([C@@H]1C[C@@H]2CCN(Cc3ccncc3)C[C@@H]2O1)N1CCOCC1. The molecule has 3 atom stereocenters. The van der Waals surface area contributed by atoms with Gasteiger partial charge in [0.15, 0.2) is 0 Å². The number of hydrogen-bond donors (Lipinski definition) is 0. The summed E-state index contributed by atoms with van der Waals surface area (Å²) < 4.78 is 11.5. The Balaban J connectivity index is 1.33. The number of amides is 1. The fourth-order valence-electron chi connectivity index (χ4n) is 4.03. The number of pyridine rings is 1. The van der Waals surface area contributed by atoms with Crippen LogP contribution in [0.25, 0.3) is 0 Å². The number of morpholine rings is 1. The molecule has 0 aromatic carbocycles. The Morgan fingerprint density at radius 3 is 2.79 bits per heavy atom. The topological polar surface area (TPSA) is 54.9 Å². The van der Waals surface area contributed by atoms with Crippen LogP contribution >= 0.6 is 0 Å². The third kappa shape index (κ3) is 3.45. The minimum absolute atomic E-state index is 0.161. The quantitative estimate of drug-likeness (QED) is 0.824. The number of carbonyl (C=O) groups is 1. The lowest BCUT2D eigenvalue weighted by atomic mass is 9.91. The maximum atomic E-state index is 12.6. The molecule has 1 aromatic heterocycles. The Bertz CT molecular complexity index is 562. The molecule has 3 aliphatic heterocycles. The largest absolute Gasteiger partial charge is 0.378 e. The van der Waals surface area contributed by atoms with Gasteiger partial charge in [0.1, 0.15) is 6.10 Å². The average Bonchev–Trinajstić information content (AvgIpc) is 3.06. The molecule has 0 radical (unpaired) electrons. The highest BCUT2D eigenvalue weighted by molar-refractivity contribution is 5.81. The monoisotopic (exact) mass is 331 g/mol. The predicted molar refractivity (Wildman–Crippen MR) is 88.3 cm³/mol. The van der Waals surface area contributed by atoms with Crippen molar-refractivity contribution >= 4 is 5.91 Å². The number of fused-ring (bicyclic) bond motifs is 1. The summed E-state index contributed by atoms with van der Waals surface area (Å²) >= 11 is 0. The van der Waals surface area contributed by atoms with Gasteiger partial charge < -0.3 is 14.4 Å². The van der Waals surface area contributed by atoms with E-state index in [2.05, 4.69) is 22.0 Å². The van der Waals surface area contributed by atoms with Crippen molar-refractivity contribution in [3.05, 3.63) is 30.1 Å². The van der Waals surface area contributed by atoms with E-state index >= 15 is 0 Å². The lowest BCUT2D eigenvalue weighted by molar-refractivity contribution is -0.147. The summed E-state index contributed by atoms with van der Waals surface area (Å²) in [7, 11) is 0. The van der Waals surface area contributed by atoms with Crippen LogP contribution in [0.4, 0.5) is 0 Å². The highest BCUT2D eigenvalue weighted by Crippen LogP contribution is 2.34. The zero-order valence-corrected chi connectivity index (χ0v) is 14.0. The minimum atomic E-state index is -0.251. The van der Waals surface area contributed by atoms with Gasteiger partial charge in [-0.3, -0.25) is 14.7 Å². The Labute approximate surface area is 142 Å². The molecule has 0 bridgehead atoms. The van der Waals surface area contributed by atoms with E-state index in [0.29, 0.717) is 32.2 Å². The van der Waals surface area contributed by atoms with Gasteiger partial charge in [-0.05, 0) is 43.0 Å². The lowest BCUT2D eigenvalue weighted by Crippen LogP contribution is -2.46. The van der Waals surface area contributed by atoms with Crippen molar-refractivity contribution in [1.29, 1.82) is 0 Å². The van der Waals surface area contributed by atoms with Gasteiger partial charge in [-0.2, -0.15) is 0 Å². The Morgan fingerprint density at radius 2 is 2.00 bits per heavy atom. The van der Waals surface area contributed by atoms with Crippen LogP contribution in [-0.2, 0) is 20.8 Å². The predicted octanol–water partition coefficient (Wildman–Crippen LogP) is 0.920. The molecule has 6 nitrogen and oxygen atoms in total. The maximum Gasteiger partial charge on any atom is 0.251 e. The highest BCUT2D eigenvalue weighted by Gasteiger charge is 2.43. The number of piperidine rings is 1. The number of carbonyl (C=O) groups excluding carboxylic acids is 1. The van der Waals surface area contributed by atoms with Gasteiger partial charge in [0.2, 0.25) is 0 Å². The molecule has 1 aromatic rings. The molecule has 3 fully saturated rings. The van der Waals surface area contributed by atoms with Crippen molar-refractivity contribution in [2.24, 2.45) is 5.92 Å². The molecule has 0 spiro atoms. The normalized spacial score (nSPS) is 31.0. The van der Waals surface area contributed by atoms with Gasteiger partial charge >= 0.3 is 0 Å². The first-order chi connectivity index (χ1) is 11.8. The van der Waals surface area contributed by atoms with E-state index < -0.39 is 0 Å². The van der Waals surface area contributed by atoms with Crippen molar-refractivity contribution in [2.75, 3.05) is 39.4 Å². The molecule has 130 valence electrons. The van der Waals surface area contributed by atoms with Crippen LogP contribution in [0.3, 0.4) is 0 Å². The van der Waals surface area contributed by atoms with Crippen molar-refractivity contribution in [3.8, 4) is 0 Å². The van der Waals surface area contributed by atoms with E-state index in [4.69, 9.17) is 9.47 Å². The summed E-state index contributed by atoms with van der Waals surface area (Å²) in [6, 6.07) is 4.12. The number of aromatic nitrogens is 1. The second-order valence-corrected chi connectivity index (χ2v) is 6.98. The maximum absolute atomic E-state index is 12.6. The molecule has 6 heteroatoms. The van der Waals surface area contributed by atoms with Gasteiger partial charge in [-0.15, -0.1) is 0 Å². The van der Waals surface area contributed by atoms with E-state index in [1.807, 2.05) is 17.3 Å². The van der Waals surface area contributed by atoms with Crippen molar-refractivity contribution in [2.45, 2.75) is 31.6 Å². The Morgan fingerprint density at radius 1 is 1.21 bits per heavy atom. The van der Waals surface area contributed by atoms with Crippen molar-refractivity contribution < 1.29 is 14.3 Å². The van der Waals surface area contributed by atoms with Gasteiger partial charge in [0.25, 0.3) is 5.91 Å². The number of rotatable bonds is 3. The smallest absolute Gasteiger partial charge is 0.251 e. The van der Waals surface area contributed by atoms with Crippen LogP contribution in [0.5, 0.6) is 0 Å².